The van der Waals surface area contributed by atoms with Gasteiger partial charge in [-0.1, -0.05) is 17.7 Å². The van der Waals surface area contributed by atoms with Crippen molar-refractivity contribution in [1.82, 2.24) is 4.98 Å². The van der Waals surface area contributed by atoms with Crippen LogP contribution in [0.25, 0.3) is 0 Å². The van der Waals surface area contributed by atoms with E-state index in [0.29, 0.717) is 9.21 Å². The first kappa shape index (κ1) is 13.1. The summed E-state index contributed by atoms with van der Waals surface area (Å²) in [5.41, 5.74) is 5.49. The van der Waals surface area contributed by atoms with Gasteiger partial charge in [-0.3, -0.25) is 4.72 Å². The monoisotopic (exact) mass is 303 g/mol. The molecule has 0 spiro atoms. The highest BCUT2D eigenvalue weighted by Gasteiger charge is 2.20. The molecule has 96 valence electrons. The lowest BCUT2D eigenvalue weighted by molar-refractivity contribution is 0.601. The Kier molecular flexibility index (Phi) is 3.47. The van der Waals surface area contributed by atoms with E-state index in [2.05, 4.69) is 9.71 Å². The van der Waals surface area contributed by atoms with Crippen molar-refractivity contribution in [3.8, 4) is 0 Å². The molecule has 0 bridgehead atoms. The minimum absolute atomic E-state index is 0.154. The average Bonchev–Trinajstić information content (AvgIpc) is 2.58. The van der Waals surface area contributed by atoms with Gasteiger partial charge in [-0.05, 0) is 25.1 Å². The van der Waals surface area contributed by atoms with E-state index in [4.69, 9.17) is 17.3 Å². The molecule has 2 heterocycles. The molecule has 3 N–H and O–H groups in total. The number of nitrogens with two attached hydrogens (primary N) is 1. The first-order valence-corrected chi connectivity index (χ1v) is 7.57. The van der Waals surface area contributed by atoms with Crippen molar-refractivity contribution in [3.05, 3.63) is 33.5 Å². The second-order valence-corrected chi connectivity index (χ2v) is 7.06. The molecule has 8 heteroatoms. The zero-order chi connectivity index (χ0) is 13.3. The summed E-state index contributed by atoms with van der Waals surface area (Å²) in [6.45, 7) is 1.69. The van der Waals surface area contributed by atoms with Gasteiger partial charge in [0.15, 0.2) is 0 Å². The summed E-state index contributed by atoms with van der Waals surface area (Å²) in [6.07, 6.45) is 0. The molecule has 2 aromatic heterocycles. The standard InChI is InChI=1S/C10H10ClN3O2S2/c1-6-7(5-8(11)17-6)18(15,16)14-10-4-2-3-9(12)13-10/h2-5H,1H3,(H3,12,13,14). The van der Waals surface area contributed by atoms with Gasteiger partial charge in [-0.2, -0.15) is 0 Å². The third kappa shape index (κ3) is 2.74. The summed E-state index contributed by atoms with van der Waals surface area (Å²) >= 11 is 7.00. The predicted molar refractivity (Wildman–Crippen MR) is 73.5 cm³/mol. The molecule has 2 aromatic rings. The van der Waals surface area contributed by atoms with Crippen LogP contribution in [0.4, 0.5) is 11.6 Å². The number of pyridine rings is 1. The topological polar surface area (TPSA) is 85.1 Å². The number of hydrogen-bond donors (Lipinski definition) is 2. The lowest BCUT2D eigenvalue weighted by Gasteiger charge is -2.06. The van der Waals surface area contributed by atoms with Crippen molar-refractivity contribution >= 4 is 44.6 Å². The van der Waals surface area contributed by atoms with E-state index in [-0.39, 0.29) is 16.5 Å². The van der Waals surface area contributed by atoms with Gasteiger partial charge in [0.05, 0.1) is 4.34 Å². The van der Waals surface area contributed by atoms with Crippen LogP contribution in [-0.2, 0) is 10.0 Å². The molecule has 2 rings (SSSR count). The number of anilines is 2. The highest BCUT2D eigenvalue weighted by Crippen LogP contribution is 2.30. The van der Waals surface area contributed by atoms with Crippen molar-refractivity contribution < 1.29 is 8.42 Å². The largest absolute Gasteiger partial charge is 0.384 e. The van der Waals surface area contributed by atoms with E-state index in [0.717, 1.165) is 0 Å². The maximum absolute atomic E-state index is 12.1. The number of sulfonamides is 1. The number of nitrogens with one attached hydrogen (secondary N) is 1. The normalized spacial score (nSPS) is 11.4. The third-order valence-corrected chi connectivity index (χ3v) is 4.93. The Morgan fingerprint density at radius 1 is 1.44 bits per heavy atom. The van der Waals surface area contributed by atoms with Gasteiger partial charge in [-0.15, -0.1) is 11.3 Å². The SMILES string of the molecule is Cc1sc(Cl)cc1S(=O)(=O)Nc1cccc(N)n1. The Morgan fingerprint density at radius 2 is 2.17 bits per heavy atom. The number of rotatable bonds is 3. The van der Waals surface area contributed by atoms with E-state index < -0.39 is 10.0 Å². The number of nitrogen functional groups attached to an aromatic ring is 1. The Labute approximate surface area is 114 Å². The molecule has 0 fully saturated rings. The smallest absolute Gasteiger partial charge is 0.264 e. The highest BCUT2D eigenvalue weighted by molar-refractivity contribution is 7.93. The molecule has 0 saturated heterocycles. The quantitative estimate of drug-likeness (QED) is 0.912. The van der Waals surface area contributed by atoms with E-state index in [9.17, 15) is 8.42 Å². The number of aryl methyl sites for hydroxylation is 1. The van der Waals surface area contributed by atoms with Gasteiger partial charge in [0, 0.05) is 4.88 Å². The summed E-state index contributed by atoms with van der Waals surface area (Å²) in [5.74, 6) is 0.423. The molecular formula is C10H10ClN3O2S2. The molecule has 0 aliphatic rings. The van der Waals surface area contributed by atoms with Crippen LogP contribution < -0.4 is 10.5 Å². The summed E-state index contributed by atoms with van der Waals surface area (Å²) in [6, 6.07) is 6.13. The zero-order valence-corrected chi connectivity index (χ0v) is 11.7. The van der Waals surface area contributed by atoms with Crippen LogP contribution in [0.1, 0.15) is 4.88 Å². The van der Waals surface area contributed by atoms with Gasteiger partial charge < -0.3 is 5.73 Å². The number of nitrogens with zero attached hydrogens (tertiary/aromatic N) is 1. The second kappa shape index (κ2) is 4.75. The molecule has 0 saturated carbocycles. The average molecular weight is 304 g/mol. The minimum Gasteiger partial charge on any atom is -0.384 e. The minimum atomic E-state index is -3.68. The van der Waals surface area contributed by atoms with E-state index in [1.165, 1.54) is 23.5 Å². The lowest BCUT2D eigenvalue weighted by atomic mass is 10.4. The van der Waals surface area contributed by atoms with Crippen LogP contribution in [0, 0.1) is 6.92 Å². The fraction of sp³-hybridized carbons (Fsp3) is 0.100. The molecule has 0 aliphatic heterocycles. The van der Waals surface area contributed by atoms with Crippen molar-refractivity contribution in [2.75, 3.05) is 10.5 Å². The summed E-state index contributed by atoms with van der Waals surface area (Å²) in [5, 5.41) is 0. The van der Waals surface area contributed by atoms with Crippen LogP contribution in [0.5, 0.6) is 0 Å². The maximum atomic E-state index is 12.1. The summed E-state index contributed by atoms with van der Waals surface area (Å²) in [7, 11) is -3.68. The maximum Gasteiger partial charge on any atom is 0.264 e. The third-order valence-electron chi connectivity index (χ3n) is 2.14. The highest BCUT2D eigenvalue weighted by atomic mass is 35.5. The Balaban J connectivity index is 2.36. The first-order valence-electron chi connectivity index (χ1n) is 4.90. The fourth-order valence-corrected chi connectivity index (χ4v) is 4.23. The first-order chi connectivity index (χ1) is 8.38. The number of aromatic nitrogens is 1. The number of halogens is 1. The van der Waals surface area contributed by atoms with E-state index >= 15 is 0 Å². The zero-order valence-electron chi connectivity index (χ0n) is 9.34. The van der Waals surface area contributed by atoms with Crippen molar-refractivity contribution in [3.63, 3.8) is 0 Å². The lowest BCUT2D eigenvalue weighted by Crippen LogP contribution is -2.14. The Bertz CT molecular complexity index is 682. The molecule has 0 unspecified atom stereocenters. The van der Waals surface area contributed by atoms with Crippen molar-refractivity contribution in [2.45, 2.75) is 11.8 Å². The molecule has 0 amide bonds. The van der Waals surface area contributed by atoms with Crippen LogP contribution in [-0.4, -0.2) is 13.4 Å². The summed E-state index contributed by atoms with van der Waals surface area (Å²) < 4.78 is 27.0. The second-order valence-electron chi connectivity index (χ2n) is 3.52. The van der Waals surface area contributed by atoms with Crippen molar-refractivity contribution in [1.29, 1.82) is 0 Å². The van der Waals surface area contributed by atoms with Crippen LogP contribution in [0.3, 0.4) is 0 Å². The van der Waals surface area contributed by atoms with Gasteiger partial charge in [0.1, 0.15) is 16.5 Å². The predicted octanol–water partition coefficient (Wildman–Crippen LogP) is 2.49. The van der Waals surface area contributed by atoms with Gasteiger partial charge in [0.2, 0.25) is 0 Å². The number of thiophene rings is 1. The van der Waals surface area contributed by atoms with Gasteiger partial charge in [-0.25, -0.2) is 13.4 Å². The van der Waals surface area contributed by atoms with Crippen LogP contribution in [0.2, 0.25) is 4.34 Å². The van der Waals surface area contributed by atoms with Gasteiger partial charge in [0.25, 0.3) is 10.0 Å². The molecular weight excluding hydrogens is 294 g/mol. The Hall–Kier alpha value is -1.31. The molecule has 0 radical (unpaired) electrons. The van der Waals surface area contributed by atoms with Crippen LogP contribution in [0.15, 0.2) is 29.2 Å². The molecule has 0 aliphatic carbocycles. The van der Waals surface area contributed by atoms with Crippen molar-refractivity contribution in [2.24, 2.45) is 0 Å². The fourth-order valence-electron chi connectivity index (χ4n) is 1.40. The molecule has 0 aromatic carbocycles. The van der Waals surface area contributed by atoms with E-state index in [1.54, 1.807) is 19.1 Å². The molecule has 18 heavy (non-hydrogen) atoms. The molecule has 0 atom stereocenters. The summed E-state index contributed by atoms with van der Waals surface area (Å²) in [4.78, 5) is 4.65. The number of hydrogen-bond acceptors (Lipinski definition) is 5. The molecule has 5 nitrogen and oxygen atoms in total. The van der Waals surface area contributed by atoms with Crippen LogP contribution >= 0.6 is 22.9 Å². The van der Waals surface area contributed by atoms with E-state index in [1.807, 2.05) is 0 Å². The van der Waals surface area contributed by atoms with Gasteiger partial charge >= 0.3 is 0 Å². The Morgan fingerprint density at radius 3 is 2.72 bits per heavy atom.